The average molecular weight is 336 g/mol. The van der Waals surface area contributed by atoms with Crippen molar-refractivity contribution in [2.75, 3.05) is 6.54 Å². The van der Waals surface area contributed by atoms with Crippen LogP contribution < -0.4 is 10.6 Å². The molecule has 0 bridgehead atoms. The van der Waals surface area contributed by atoms with Crippen molar-refractivity contribution in [1.82, 2.24) is 5.32 Å². The summed E-state index contributed by atoms with van der Waals surface area (Å²) in [5, 5.41) is 6.52. The maximum atomic E-state index is 13.0. The number of hydrogen-bond donors (Lipinski definition) is 2. The van der Waals surface area contributed by atoms with Gasteiger partial charge in [-0.05, 0) is 37.6 Å². The van der Waals surface area contributed by atoms with E-state index in [-0.39, 0.29) is 11.3 Å². The van der Waals surface area contributed by atoms with Crippen LogP contribution in [0.1, 0.15) is 85.0 Å². The molecule has 138 valence electrons. The van der Waals surface area contributed by atoms with Crippen molar-refractivity contribution in [3.8, 4) is 0 Å². The normalized spacial score (nSPS) is 38.5. The van der Waals surface area contributed by atoms with Crippen LogP contribution in [0.5, 0.6) is 0 Å². The van der Waals surface area contributed by atoms with E-state index in [1.54, 1.807) is 0 Å². The third-order valence-corrected chi connectivity index (χ3v) is 6.90. The number of carbonyl (C=O) groups excluding carboxylic acids is 1. The van der Waals surface area contributed by atoms with Gasteiger partial charge in [0.1, 0.15) is 5.78 Å². The standard InChI is InChI=1S/C21H38N2O/c1-4-5-6-9-12-22-20-15-10-7-8-11-16(15)23-17-13-21(2,3)14-18(24)19(17)20/h15-17,19-20,22-23H,4-14H2,1-3H3/p+1. The molecule has 0 radical (unpaired) electrons. The van der Waals surface area contributed by atoms with Gasteiger partial charge in [0.15, 0.2) is 0 Å². The first-order valence-corrected chi connectivity index (χ1v) is 10.6. The average Bonchev–Trinajstić information content (AvgIpc) is 2.52. The molecule has 3 heteroatoms. The van der Waals surface area contributed by atoms with Gasteiger partial charge in [-0.1, -0.05) is 46.5 Å². The van der Waals surface area contributed by atoms with Crippen molar-refractivity contribution >= 4 is 5.78 Å². The van der Waals surface area contributed by atoms with Gasteiger partial charge < -0.3 is 10.6 Å². The van der Waals surface area contributed by atoms with Crippen molar-refractivity contribution in [2.45, 2.75) is 103 Å². The Hall–Kier alpha value is -0.410. The minimum Gasteiger partial charge on any atom is -0.340 e. The number of carbonyl (C=O) groups is 1. The Labute approximate surface area is 148 Å². The molecule has 1 heterocycles. The molecule has 5 atom stereocenters. The zero-order valence-corrected chi connectivity index (χ0v) is 16.2. The highest BCUT2D eigenvalue weighted by Gasteiger charge is 2.54. The number of quaternary nitrogens is 1. The lowest BCUT2D eigenvalue weighted by molar-refractivity contribution is -0.747. The molecule has 0 spiro atoms. The van der Waals surface area contributed by atoms with E-state index in [1.807, 2.05) is 0 Å². The Morgan fingerprint density at radius 3 is 2.71 bits per heavy atom. The van der Waals surface area contributed by atoms with Crippen LogP contribution in [0.4, 0.5) is 0 Å². The fourth-order valence-electron chi connectivity index (χ4n) is 5.88. The first-order valence-electron chi connectivity index (χ1n) is 10.6. The molecule has 0 aromatic rings. The number of ketones is 1. The highest BCUT2D eigenvalue weighted by Crippen LogP contribution is 2.41. The van der Waals surface area contributed by atoms with Crippen molar-refractivity contribution in [1.29, 1.82) is 0 Å². The van der Waals surface area contributed by atoms with Crippen LogP contribution in [0.25, 0.3) is 0 Å². The molecule has 0 amide bonds. The molecule has 3 N–H and O–H groups in total. The van der Waals surface area contributed by atoms with Crippen LogP contribution >= 0.6 is 0 Å². The summed E-state index contributed by atoms with van der Waals surface area (Å²) in [4.78, 5) is 13.0. The molecule has 3 rings (SSSR count). The van der Waals surface area contributed by atoms with Gasteiger partial charge in [-0.2, -0.15) is 0 Å². The van der Waals surface area contributed by atoms with Crippen molar-refractivity contribution in [3.05, 3.63) is 0 Å². The van der Waals surface area contributed by atoms with E-state index in [0.29, 0.717) is 17.9 Å². The SMILES string of the molecule is CCCCCCNC1C2CCCCC2[NH2+]C2CC(C)(C)CC(=O)C21. The molecule has 2 aliphatic carbocycles. The van der Waals surface area contributed by atoms with E-state index in [0.717, 1.165) is 24.9 Å². The fourth-order valence-corrected chi connectivity index (χ4v) is 5.88. The molecular formula is C21H39N2O+. The lowest BCUT2D eigenvalue weighted by Gasteiger charge is -2.51. The summed E-state index contributed by atoms with van der Waals surface area (Å²) in [6.07, 6.45) is 12.6. The molecule has 24 heavy (non-hydrogen) atoms. The summed E-state index contributed by atoms with van der Waals surface area (Å²) < 4.78 is 0. The molecular weight excluding hydrogens is 296 g/mol. The van der Waals surface area contributed by atoms with Crippen molar-refractivity contribution < 1.29 is 10.1 Å². The minimum atomic E-state index is 0.196. The van der Waals surface area contributed by atoms with Crippen LogP contribution in [-0.4, -0.2) is 30.5 Å². The second-order valence-electron chi connectivity index (χ2n) is 9.55. The van der Waals surface area contributed by atoms with Gasteiger partial charge in [-0.3, -0.25) is 4.79 Å². The van der Waals surface area contributed by atoms with Gasteiger partial charge in [0.2, 0.25) is 0 Å². The molecule has 0 aromatic carbocycles. The largest absolute Gasteiger partial charge is 0.340 e. The predicted molar refractivity (Wildman–Crippen MR) is 98.9 cm³/mol. The van der Waals surface area contributed by atoms with E-state index in [1.165, 1.54) is 57.8 Å². The Bertz CT molecular complexity index is 434. The Kier molecular flexibility index (Phi) is 6.02. The molecule has 0 aromatic heterocycles. The number of Topliss-reactive ketones (excluding diaryl/α,β-unsaturated/α-hetero) is 1. The van der Waals surface area contributed by atoms with Gasteiger partial charge in [-0.15, -0.1) is 0 Å². The third kappa shape index (κ3) is 4.04. The lowest BCUT2D eigenvalue weighted by atomic mass is 9.61. The predicted octanol–water partition coefficient (Wildman–Crippen LogP) is 3.03. The zero-order valence-electron chi connectivity index (χ0n) is 16.2. The summed E-state index contributed by atoms with van der Waals surface area (Å²) in [5.74, 6) is 1.53. The Morgan fingerprint density at radius 2 is 1.92 bits per heavy atom. The van der Waals surface area contributed by atoms with Gasteiger partial charge in [0.25, 0.3) is 0 Å². The lowest BCUT2D eigenvalue weighted by Crippen LogP contribution is -3.02. The summed E-state index contributed by atoms with van der Waals surface area (Å²) >= 11 is 0. The van der Waals surface area contributed by atoms with Crippen LogP contribution in [0.15, 0.2) is 0 Å². The maximum Gasteiger partial charge on any atom is 0.144 e. The van der Waals surface area contributed by atoms with Crippen LogP contribution in [0, 0.1) is 17.3 Å². The van der Waals surface area contributed by atoms with E-state index < -0.39 is 0 Å². The summed E-state index contributed by atoms with van der Waals surface area (Å²) in [5.41, 5.74) is 0.196. The number of rotatable bonds is 6. The fraction of sp³-hybridized carbons (Fsp3) is 0.952. The highest BCUT2D eigenvalue weighted by molar-refractivity contribution is 5.84. The van der Waals surface area contributed by atoms with E-state index >= 15 is 0 Å². The summed E-state index contributed by atoms with van der Waals surface area (Å²) in [6, 6.07) is 1.74. The molecule has 5 unspecified atom stereocenters. The molecule has 2 saturated carbocycles. The first-order chi connectivity index (χ1) is 11.5. The number of piperidine rings is 1. The maximum absolute atomic E-state index is 13.0. The number of unbranched alkanes of at least 4 members (excludes halogenated alkanes) is 3. The third-order valence-electron chi connectivity index (χ3n) is 6.90. The second kappa shape index (κ2) is 7.86. The van der Waals surface area contributed by atoms with Gasteiger partial charge >= 0.3 is 0 Å². The van der Waals surface area contributed by atoms with Crippen LogP contribution in [0.2, 0.25) is 0 Å². The number of fused-ring (bicyclic) bond motifs is 2. The number of nitrogens with one attached hydrogen (secondary N) is 1. The van der Waals surface area contributed by atoms with Crippen molar-refractivity contribution in [3.63, 3.8) is 0 Å². The van der Waals surface area contributed by atoms with Crippen LogP contribution in [-0.2, 0) is 4.79 Å². The van der Waals surface area contributed by atoms with E-state index in [9.17, 15) is 4.79 Å². The van der Waals surface area contributed by atoms with Gasteiger partial charge in [0.05, 0.1) is 18.0 Å². The molecule has 1 saturated heterocycles. The number of nitrogens with two attached hydrogens (primary N) is 1. The Morgan fingerprint density at radius 1 is 1.12 bits per heavy atom. The first kappa shape index (κ1) is 18.4. The molecule has 3 nitrogen and oxygen atoms in total. The van der Waals surface area contributed by atoms with Crippen molar-refractivity contribution in [2.24, 2.45) is 17.3 Å². The van der Waals surface area contributed by atoms with E-state index in [2.05, 4.69) is 31.4 Å². The minimum absolute atomic E-state index is 0.196. The highest BCUT2D eigenvalue weighted by atomic mass is 16.1. The zero-order chi connectivity index (χ0) is 17.2. The second-order valence-corrected chi connectivity index (χ2v) is 9.55. The topological polar surface area (TPSA) is 45.7 Å². The smallest absolute Gasteiger partial charge is 0.144 e. The number of hydrogen-bond acceptors (Lipinski definition) is 2. The van der Waals surface area contributed by atoms with Crippen LogP contribution in [0.3, 0.4) is 0 Å². The monoisotopic (exact) mass is 335 g/mol. The Balaban J connectivity index is 1.70. The summed E-state index contributed by atoms with van der Waals surface area (Å²) in [6.45, 7) is 7.95. The van der Waals surface area contributed by atoms with E-state index in [4.69, 9.17) is 0 Å². The summed E-state index contributed by atoms with van der Waals surface area (Å²) in [7, 11) is 0. The van der Waals surface area contributed by atoms with Gasteiger partial charge in [0, 0.05) is 24.8 Å². The molecule has 1 aliphatic heterocycles. The van der Waals surface area contributed by atoms with Gasteiger partial charge in [-0.25, -0.2) is 0 Å². The molecule has 3 fully saturated rings. The quantitative estimate of drug-likeness (QED) is 0.733. The molecule has 3 aliphatic rings.